The van der Waals surface area contributed by atoms with Crippen LogP contribution in [0.4, 0.5) is 5.13 Å². The molecule has 322 valence electrons. The molecule has 1 aliphatic rings. The highest BCUT2D eigenvalue weighted by atomic mass is 79.9. The molecule has 1 aliphatic heterocycles. The Labute approximate surface area is 385 Å². The number of carbonyl (C=O) groups excluding carboxylic acids is 3. The number of hydrogen-bond acceptors (Lipinski definition) is 9. The maximum atomic E-state index is 13.6. The second kappa shape index (κ2) is 20.7. The fourth-order valence-corrected chi connectivity index (χ4v) is 8.84. The summed E-state index contributed by atoms with van der Waals surface area (Å²) in [5.74, 6) is -0.306. The lowest BCUT2D eigenvalue weighted by molar-refractivity contribution is -0.136. The van der Waals surface area contributed by atoms with Crippen LogP contribution in [0.3, 0.4) is 0 Å². The van der Waals surface area contributed by atoms with Crippen molar-refractivity contribution in [3.63, 3.8) is 0 Å². The van der Waals surface area contributed by atoms with Gasteiger partial charge in [0.2, 0.25) is 5.13 Å². The van der Waals surface area contributed by atoms with Gasteiger partial charge in [-0.25, -0.2) is 14.8 Å². The Balaban J connectivity index is 1.05. The van der Waals surface area contributed by atoms with E-state index in [2.05, 4.69) is 96.2 Å². The van der Waals surface area contributed by atoms with Gasteiger partial charge in [-0.15, -0.1) is 6.58 Å². The topological polar surface area (TPSA) is 101 Å². The fourth-order valence-electron chi connectivity index (χ4n) is 7.47. The Morgan fingerprint density at radius 3 is 2.30 bits per heavy atom. The average molecular weight is 932 g/mol. The number of rotatable bonds is 19. The summed E-state index contributed by atoms with van der Waals surface area (Å²) >= 11 is 5.29. The Morgan fingerprint density at radius 1 is 0.844 bits per heavy atom. The number of para-hydroxylation sites is 1. The Hall–Kier alpha value is -6.69. The van der Waals surface area contributed by atoms with Gasteiger partial charge in [0.25, 0.3) is 11.8 Å². The Morgan fingerprint density at radius 2 is 1.56 bits per heavy atom. The van der Waals surface area contributed by atoms with Crippen LogP contribution in [0.15, 0.2) is 156 Å². The minimum Gasteiger partial charge on any atom is -0.494 e. The number of anilines is 1. The van der Waals surface area contributed by atoms with Gasteiger partial charge in [-0.1, -0.05) is 97.8 Å². The van der Waals surface area contributed by atoms with E-state index in [0.717, 1.165) is 49.2 Å². The number of unbranched alkanes of at least 4 members (excludes halogenated alkanes) is 2. The van der Waals surface area contributed by atoms with Gasteiger partial charge < -0.3 is 9.47 Å². The smallest absolute Gasteiger partial charge is 0.343 e. The van der Waals surface area contributed by atoms with Crippen LogP contribution in [-0.2, 0) is 16.0 Å². The molecule has 0 unspecified atom stereocenters. The molecule has 7 aromatic rings. The van der Waals surface area contributed by atoms with Gasteiger partial charge in [0.05, 0.1) is 33.1 Å². The summed E-state index contributed by atoms with van der Waals surface area (Å²) in [6.45, 7) is 7.30. The number of halogens is 1. The molecule has 0 bridgehead atoms. The zero-order valence-corrected chi connectivity index (χ0v) is 37.9. The van der Waals surface area contributed by atoms with Gasteiger partial charge >= 0.3 is 5.97 Å². The first-order valence-corrected chi connectivity index (χ1v) is 23.1. The molecule has 0 radical (unpaired) electrons. The van der Waals surface area contributed by atoms with Crippen molar-refractivity contribution in [3.05, 3.63) is 167 Å². The van der Waals surface area contributed by atoms with Crippen molar-refractivity contribution in [2.75, 3.05) is 24.7 Å². The predicted octanol–water partition coefficient (Wildman–Crippen LogP) is 12.6. The monoisotopic (exact) mass is 930 g/mol. The van der Waals surface area contributed by atoms with Crippen LogP contribution in [0.1, 0.15) is 60.5 Å². The molecule has 0 N–H and O–H groups in total. The molecule has 0 saturated carbocycles. The first kappa shape index (κ1) is 43.9. The predicted molar refractivity (Wildman–Crippen MR) is 262 cm³/mol. The van der Waals surface area contributed by atoms with Crippen LogP contribution in [0.5, 0.6) is 11.5 Å². The third kappa shape index (κ3) is 10.6. The maximum absolute atomic E-state index is 13.6. The second-order valence-electron chi connectivity index (χ2n) is 15.5. The summed E-state index contributed by atoms with van der Waals surface area (Å²) in [5, 5.41) is 9.86. The molecule has 9 nitrogen and oxygen atoms in total. The third-order valence-electron chi connectivity index (χ3n) is 11.0. The maximum Gasteiger partial charge on any atom is 0.343 e. The van der Waals surface area contributed by atoms with E-state index in [1.807, 2.05) is 41.4 Å². The SMILES string of the molecule is C=CCCN(/N=C/c1cc(OC(=O)c2ccc(OCCCN3C(=O)C=CC3=O)cc2)c(Br)cc1-c1ccc2cc(-c3ccc(CCCCC)cc3)ccc2c1)c1nc2ccccc2s1. The number of thiazole rings is 1. The van der Waals surface area contributed by atoms with Crippen LogP contribution in [-0.4, -0.2) is 53.6 Å². The molecule has 64 heavy (non-hydrogen) atoms. The van der Waals surface area contributed by atoms with E-state index in [1.165, 1.54) is 53.0 Å². The number of imide groups is 1. The van der Waals surface area contributed by atoms with E-state index in [4.69, 9.17) is 19.6 Å². The van der Waals surface area contributed by atoms with Gasteiger partial charge in [0.1, 0.15) is 11.5 Å². The summed E-state index contributed by atoms with van der Waals surface area (Å²) < 4.78 is 13.5. The van der Waals surface area contributed by atoms with Crippen molar-refractivity contribution in [2.45, 2.75) is 45.4 Å². The van der Waals surface area contributed by atoms with Gasteiger partial charge in [-0.05, 0) is 141 Å². The second-order valence-corrected chi connectivity index (χ2v) is 17.4. The van der Waals surface area contributed by atoms with E-state index < -0.39 is 5.97 Å². The molecule has 0 aliphatic carbocycles. The normalized spacial score (nSPS) is 12.5. The van der Waals surface area contributed by atoms with Crippen molar-refractivity contribution < 1.29 is 23.9 Å². The van der Waals surface area contributed by atoms with Crippen molar-refractivity contribution in [1.29, 1.82) is 0 Å². The number of nitrogens with zero attached hydrogens (tertiary/aromatic N) is 4. The Kier molecular flexibility index (Phi) is 14.2. The average Bonchev–Trinajstić information content (AvgIpc) is 3.90. The summed E-state index contributed by atoms with van der Waals surface area (Å²) in [4.78, 5) is 43.3. The summed E-state index contributed by atoms with van der Waals surface area (Å²) in [6, 6.07) is 40.4. The number of benzene rings is 6. The highest BCUT2D eigenvalue weighted by Gasteiger charge is 2.22. The van der Waals surface area contributed by atoms with E-state index >= 15 is 0 Å². The van der Waals surface area contributed by atoms with Gasteiger partial charge in [-0.3, -0.25) is 14.5 Å². The molecule has 11 heteroatoms. The molecule has 1 aromatic heterocycles. The van der Waals surface area contributed by atoms with Crippen LogP contribution in [0.2, 0.25) is 0 Å². The van der Waals surface area contributed by atoms with Crippen molar-refractivity contribution >= 4 is 77.4 Å². The number of carbonyl (C=O) groups is 3. The fraction of sp³-hybridized carbons (Fsp3) is 0.189. The molecule has 2 heterocycles. The van der Waals surface area contributed by atoms with Gasteiger partial charge in [0, 0.05) is 30.8 Å². The molecular formula is C53H47BrN4O5S. The molecule has 0 spiro atoms. The number of hydrogen-bond donors (Lipinski definition) is 0. The lowest BCUT2D eigenvalue weighted by Gasteiger charge is -2.16. The molecule has 8 rings (SSSR count). The van der Waals surface area contributed by atoms with Crippen molar-refractivity contribution in [3.8, 4) is 33.8 Å². The molecule has 0 saturated heterocycles. The van der Waals surface area contributed by atoms with Crippen LogP contribution >= 0.6 is 27.3 Å². The van der Waals surface area contributed by atoms with Crippen LogP contribution in [0, 0.1) is 0 Å². The number of amides is 2. The molecule has 2 amide bonds. The number of ether oxygens (including phenoxy) is 2. The van der Waals surface area contributed by atoms with Crippen molar-refractivity contribution in [2.24, 2.45) is 5.10 Å². The van der Waals surface area contributed by atoms with Crippen LogP contribution < -0.4 is 14.5 Å². The van der Waals surface area contributed by atoms with Crippen molar-refractivity contribution in [1.82, 2.24) is 9.88 Å². The molecule has 6 aromatic carbocycles. The molecular weight excluding hydrogens is 885 g/mol. The number of aryl methyl sites for hydroxylation is 1. The van der Waals surface area contributed by atoms with E-state index in [-0.39, 0.29) is 18.4 Å². The van der Waals surface area contributed by atoms with E-state index in [9.17, 15) is 14.4 Å². The third-order valence-corrected chi connectivity index (χ3v) is 12.7. The molecule has 0 atom stereocenters. The number of esters is 1. The summed E-state index contributed by atoms with van der Waals surface area (Å²) in [5.41, 5.74) is 7.58. The quantitative estimate of drug-likeness (QED) is 0.0151. The first-order valence-electron chi connectivity index (χ1n) is 21.5. The zero-order chi connectivity index (χ0) is 44.4. The largest absolute Gasteiger partial charge is 0.494 e. The standard InChI is InChI=1S/C53H47BrN4O5S/c1-3-5-7-11-36-14-16-37(17-15-36)39-18-19-41-32-42(21-20-40(41)31-39)45-34-46(54)48(33-43(45)35-55-58(29-6-4-2)53-56-47-12-8-9-13-49(47)64-53)63-52(61)38-22-24-44(25-23-38)62-30-10-28-57-50(59)26-27-51(57)60/h4,8-9,12-27,31-35H,2-3,5-7,10-11,28-30H2,1H3/b55-35+. The molecule has 0 fully saturated rings. The van der Waals surface area contributed by atoms with Crippen LogP contribution in [0.25, 0.3) is 43.2 Å². The lowest BCUT2D eigenvalue weighted by Crippen LogP contribution is -2.31. The highest BCUT2D eigenvalue weighted by Crippen LogP contribution is 2.37. The highest BCUT2D eigenvalue weighted by molar-refractivity contribution is 9.10. The lowest BCUT2D eigenvalue weighted by atomic mass is 9.95. The summed E-state index contributed by atoms with van der Waals surface area (Å²) in [7, 11) is 0. The number of fused-ring (bicyclic) bond motifs is 2. The van der Waals surface area contributed by atoms with Gasteiger partial charge in [0.15, 0.2) is 0 Å². The van der Waals surface area contributed by atoms with E-state index in [0.29, 0.717) is 47.5 Å². The Bertz CT molecular complexity index is 2840. The number of hydrazone groups is 1. The first-order chi connectivity index (χ1) is 31.3. The minimum absolute atomic E-state index is 0.265. The summed E-state index contributed by atoms with van der Waals surface area (Å²) in [6.07, 6.45) is 12.1. The zero-order valence-electron chi connectivity index (χ0n) is 35.5. The van der Waals surface area contributed by atoms with E-state index in [1.54, 1.807) is 41.8 Å². The number of aromatic nitrogens is 1. The van der Waals surface area contributed by atoms with Gasteiger partial charge in [-0.2, -0.15) is 5.10 Å². The minimum atomic E-state index is -0.545.